The normalized spacial score (nSPS) is 38.2. The third-order valence-corrected chi connectivity index (χ3v) is 3.50. The summed E-state index contributed by atoms with van der Waals surface area (Å²) in [5.41, 5.74) is -0.355. The lowest BCUT2D eigenvalue weighted by Gasteiger charge is -2.44. The average molecular weight is 170 g/mol. The molecule has 1 fully saturated rings. The van der Waals surface area contributed by atoms with Crippen LogP contribution in [0.2, 0.25) is 0 Å². The van der Waals surface area contributed by atoms with Crippen LogP contribution < -0.4 is 0 Å². The van der Waals surface area contributed by atoms with Crippen LogP contribution in [0.1, 0.15) is 53.4 Å². The fourth-order valence-corrected chi connectivity index (χ4v) is 1.99. The van der Waals surface area contributed by atoms with Gasteiger partial charge in [-0.25, -0.2) is 0 Å². The maximum atomic E-state index is 10.3. The molecule has 0 aliphatic heterocycles. The molecule has 0 heterocycles. The van der Waals surface area contributed by atoms with Gasteiger partial charge in [0, 0.05) is 0 Å². The van der Waals surface area contributed by atoms with Gasteiger partial charge in [-0.15, -0.1) is 0 Å². The standard InChI is InChI=1S/C11H22O/c1-9-5-7-11(12,8-6-9)10(2,3)4/h9,12H,5-8H2,1-4H3/t9-,11+. The van der Waals surface area contributed by atoms with E-state index in [1.165, 1.54) is 12.8 Å². The fourth-order valence-electron chi connectivity index (χ4n) is 1.99. The molecule has 0 bridgehead atoms. The summed E-state index contributed by atoms with van der Waals surface area (Å²) in [7, 11) is 0. The molecule has 1 aliphatic carbocycles. The molecule has 0 radical (unpaired) electrons. The maximum Gasteiger partial charge on any atom is 0.0696 e. The monoisotopic (exact) mass is 170 g/mol. The van der Waals surface area contributed by atoms with Crippen molar-refractivity contribution in [3.05, 3.63) is 0 Å². The summed E-state index contributed by atoms with van der Waals surface area (Å²) < 4.78 is 0. The second-order valence-corrected chi connectivity index (χ2v) is 5.46. The Morgan fingerprint density at radius 2 is 1.58 bits per heavy atom. The van der Waals surface area contributed by atoms with Crippen LogP contribution in [-0.4, -0.2) is 10.7 Å². The first-order valence-electron chi connectivity index (χ1n) is 5.07. The van der Waals surface area contributed by atoms with Gasteiger partial charge in [0.2, 0.25) is 0 Å². The molecule has 1 aliphatic rings. The van der Waals surface area contributed by atoms with E-state index < -0.39 is 5.60 Å². The zero-order valence-electron chi connectivity index (χ0n) is 8.85. The Kier molecular flexibility index (Phi) is 2.53. The Hall–Kier alpha value is -0.0400. The van der Waals surface area contributed by atoms with E-state index in [0.717, 1.165) is 18.8 Å². The fraction of sp³-hybridized carbons (Fsp3) is 1.00. The maximum absolute atomic E-state index is 10.3. The predicted molar refractivity (Wildman–Crippen MR) is 52.0 cm³/mol. The minimum atomic E-state index is -0.403. The van der Waals surface area contributed by atoms with Crippen LogP contribution in [0.25, 0.3) is 0 Å². The lowest BCUT2D eigenvalue weighted by Crippen LogP contribution is -2.45. The highest BCUT2D eigenvalue weighted by Crippen LogP contribution is 2.43. The largest absolute Gasteiger partial charge is 0.389 e. The van der Waals surface area contributed by atoms with E-state index in [2.05, 4.69) is 27.7 Å². The number of rotatable bonds is 0. The molecule has 0 aromatic heterocycles. The molecule has 0 atom stereocenters. The van der Waals surface area contributed by atoms with Gasteiger partial charge >= 0.3 is 0 Å². The zero-order valence-corrected chi connectivity index (χ0v) is 8.85. The minimum absolute atomic E-state index is 0.0488. The van der Waals surface area contributed by atoms with Gasteiger partial charge in [0.25, 0.3) is 0 Å². The Labute approximate surface area is 76.2 Å². The van der Waals surface area contributed by atoms with Crippen LogP contribution in [0.3, 0.4) is 0 Å². The Morgan fingerprint density at radius 1 is 1.17 bits per heavy atom. The SMILES string of the molecule is CC(C)(C)[C@]1(O)CC[C@@H](C)CC1. The van der Waals surface area contributed by atoms with Crippen molar-refractivity contribution < 1.29 is 5.11 Å². The number of hydrogen-bond acceptors (Lipinski definition) is 1. The van der Waals surface area contributed by atoms with E-state index in [1.54, 1.807) is 0 Å². The van der Waals surface area contributed by atoms with Crippen molar-refractivity contribution >= 4 is 0 Å². The number of aliphatic hydroxyl groups is 1. The molecule has 12 heavy (non-hydrogen) atoms. The van der Waals surface area contributed by atoms with Gasteiger partial charge in [0.15, 0.2) is 0 Å². The van der Waals surface area contributed by atoms with Gasteiger partial charge in [0.05, 0.1) is 5.60 Å². The minimum Gasteiger partial charge on any atom is -0.389 e. The van der Waals surface area contributed by atoms with Gasteiger partial charge in [-0.3, -0.25) is 0 Å². The second-order valence-electron chi connectivity index (χ2n) is 5.46. The highest BCUT2D eigenvalue weighted by Gasteiger charge is 2.41. The van der Waals surface area contributed by atoms with Crippen molar-refractivity contribution in [2.75, 3.05) is 0 Å². The van der Waals surface area contributed by atoms with Crippen molar-refractivity contribution in [2.45, 2.75) is 59.0 Å². The summed E-state index contributed by atoms with van der Waals surface area (Å²) in [6, 6.07) is 0. The van der Waals surface area contributed by atoms with E-state index in [-0.39, 0.29) is 5.41 Å². The molecule has 0 aromatic rings. The Balaban J connectivity index is 2.62. The van der Waals surface area contributed by atoms with Crippen molar-refractivity contribution in [2.24, 2.45) is 11.3 Å². The molecule has 1 nitrogen and oxygen atoms in total. The van der Waals surface area contributed by atoms with Crippen molar-refractivity contribution in [1.82, 2.24) is 0 Å². The van der Waals surface area contributed by atoms with E-state index >= 15 is 0 Å². The summed E-state index contributed by atoms with van der Waals surface area (Å²) in [5.74, 6) is 0.813. The van der Waals surface area contributed by atoms with E-state index in [0.29, 0.717) is 0 Å². The third-order valence-electron chi connectivity index (χ3n) is 3.50. The van der Waals surface area contributed by atoms with E-state index in [1.807, 2.05) is 0 Å². The van der Waals surface area contributed by atoms with Crippen LogP contribution in [0.5, 0.6) is 0 Å². The lowest BCUT2D eigenvalue weighted by molar-refractivity contribution is -0.0916. The first kappa shape index (κ1) is 10.0. The smallest absolute Gasteiger partial charge is 0.0696 e. The summed E-state index contributed by atoms with van der Waals surface area (Å²) in [4.78, 5) is 0. The molecule has 1 rings (SSSR count). The van der Waals surface area contributed by atoms with Gasteiger partial charge in [-0.05, 0) is 37.0 Å². The molecule has 1 heteroatoms. The average Bonchev–Trinajstić information content (AvgIpc) is 1.93. The molecule has 0 aromatic carbocycles. The van der Waals surface area contributed by atoms with Crippen LogP contribution in [0.15, 0.2) is 0 Å². The highest BCUT2D eigenvalue weighted by atomic mass is 16.3. The van der Waals surface area contributed by atoms with Crippen molar-refractivity contribution in [1.29, 1.82) is 0 Å². The van der Waals surface area contributed by atoms with Crippen LogP contribution in [0.4, 0.5) is 0 Å². The van der Waals surface area contributed by atoms with Gasteiger partial charge < -0.3 is 5.11 Å². The molecule has 0 saturated heterocycles. The molecule has 72 valence electrons. The van der Waals surface area contributed by atoms with Gasteiger partial charge in [-0.1, -0.05) is 27.7 Å². The molecule has 0 unspecified atom stereocenters. The van der Waals surface area contributed by atoms with Crippen molar-refractivity contribution in [3.63, 3.8) is 0 Å². The summed E-state index contributed by atoms with van der Waals surface area (Å²) in [6.45, 7) is 8.71. The van der Waals surface area contributed by atoms with Gasteiger partial charge in [0.1, 0.15) is 0 Å². The first-order chi connectivity index (χ1) is 5.35. The highest BCUT2D eigenvalue weighted by molar-refractivity contribution is 4.93. The third kappa shape index (κ3) is 1.82. The second kappa shape index (κ2) is 3.02. The summed E-state index contributed by atoms with van der Waals surface area (Å²) in [5, 5.41) is 10.3. The van der Waals surface area contributed by atoms with Crippen molar-refractivity contribution in [3.8, 4) is 0 Å². The predicted octanol–water partition coefficient (Wildman–Crippen LogP) is 2.97. The quantitative estimate of drug-likeness (QED) is 0.592. The number of hydrogen-bond donors (Lipinski definition) is 1. The van der Waals surface area contributed by atoms with E-state index in [4.69, 9.17) is 0 Å². The molecule has 1 saturated carbocycles. The Morgan fingerprint density at radius 3 is 1.92 bits per heavy atom. The summed E-state index contributed by atoms with van der Waals surface area (Å²) >= 11 is 0. The molecule has 0 spiro atoms. The molecular formula is C11H22O. The molecule has 0 amide bonds. The molecular weight excluding hydrogens is 148 g/mol. The van der Waals surface area contributed by atoms with Crippen LogP contribution >= 0.6 is 0 Å². The topological polar surface area (TPSA) is 20.2 Å². The van der Waals surface area contributed by atoms with Crippen LogP contribution in [-0.2, 0) is 0 Å². The Bertz CT molecular complexity index is 147. The summed E-state index contributed by atoms with van der Waals surface area (Å²) in [6.07, 6.45) is 4.34. The van der Waals surface area contributed by atoms with Gasteiger partial charge in [-0.2, -0.15) is 0 Å². The lowest BCUT2D eigenvalue weighted by atomic mass is 9.66. The first-order valence-corrected chi connectivity index (χ1v) is 5.07. The molecule has 1 N–H and O–H groups in total. The zero-order chi connectivity index (χ0) is 9.41. The van der Waals surface area contributed by atoms with E-state index in [9.17, 15) is 5.11 Å². The van der Waals surface area contributed by atoms with Crippen LogP contribution in [0, 0.1) is 11.3 Å².